The van der Waals surface area contributed by atoms with Gasteiger partial charge in [-0.05, 0) is 6.92 Å². The Morgan fingerprint density at radius 3 is 2.38 bits per heavy atom. The summed E-state index contributed by atoms with van der Waals surface area (Å²) in [6.07, 6.45) is -1.12. The minimum atomic E-state index is -1.58. The van der Waals surface area contributed by atoms with Crippen molar-refractivity contribution in [1.29, 1.82) is 0 Å². The average molecular weight is 249 g/mol. The molecule has 3 nitrogen and oxygen atoms in total. The second kappa shape index (κ2) is 5.25. The highest BCUT2D eigenvalue weighted by Crippen LogP contribution is 2.31. The molecule has 0 heterocycles. The van der Waals surface area contributed by atoms with E-state index in [0.29, 0.717) is 0 Å². The molecule has 0 saturated heterocycles. The zero-order valence-electron chi connectivity index (χ0n) is 7.35. The molecule has 0 aromatic carbocycles. The molecule has 13 heavy (non-hydrogen) atoms. The monoisotopic (exact) mass is 247 g/mol. The molecule has 6 heteroatoms. The van der Waals surface area contributed by atoms with E-state index >= 15 is 0 Å². The summed E-state index contributed by atoms with van der Waals surface area (Å²) in [5, 5.41) is 10.9. The molecule has 0 aromatic heterocycles. The molecule has 0 aliphatic carbocycles. The molecule has 0 spiro atoms. The number of halogens is 3. The highest BCUT2D eigenvalue weighted by molar-refractivity contribution is 6.52. The molecule has 2 N–H and O–H groups in total. The van der Waals surface area contributed by atoms with Crippen molar-refractivity contribution in [3.63, 3.8) is 0 Å². The Balaban J connectivity index is 4.24. The van der Waals surface area contributed by atoms with Gasteiger partial charge in [-0.3, -0.25) is 4.79 Å². The van der Waals surface area contributed by atoms with E-state index in [1.54, 1.807) is 6.92 Å². The third-order valence-corrected chi connectivity index (χ3v) is 3.15. The number of hydrogen-bond acceptors (Lipinski definition) is 2. The van der Waals surface area contributed by atoms with Gasteiger partial charge in [0.15, 0.2) is 10.6 Å². The fourth-order valence-corrected chi connectivity index (χ4v) is 0.797. The molecule has 0 rings (SSSR count). The zero-order chi connectivity index (χ0) is 10.6. The molecule has 78 valence electrons. The van der Waals surface area contributed by atoms with Gasteiger partial charge in [0, 0.05) is 6.42 Å². The standard InChI is InChI=1S/C7H12Cl3NO2/c1-3-5(12)11-6(13)7(9,10)4(2)8/h4,6,13H,3H2,1-2H3,(H,11,12). The molecule has 0 fully saturated rings. The maximum Gasteiger partial charge on any atom is 0.221 e. The molecule has 1 amide bonds. The number of aliphatic hydroxyl groups is 1. The summed E-state index contributed by atoms with van der Waals surface area (Å²) in [5.74, 6) is -0.338. The summed E-state index contributed by atoms with van der Waals surface area (Å²) in [5.41, 5.74) is 0. The van der Waals surface area contributed by atoms with Crippen LogP contribution in [0.1, 0.15) is 20.3 Å². The van der Waals surface area contributed by atoms with Crippen molar-refractivity contribution in [1.82, 2.24) is 5.32 Å². The first-order valence-corrected chi connectivity index (χ1v) is 5.00. The molecular weight excluding hydrogens is 236 g/mol. The molecule has 2 atom stereocenters. The van der Waals surface area contributed by atoms with Gasteiger partial charge in [0.25, 0.3) is 0 Å². The lowest BCUT2D eigenvalue weighted by Gasteiger charge is -2.28. The minimum Gasteiger partial charge on any atom is -0.370 e. The Hall–Kier alpha value is 0.300. The number of carbonyl (C=O) groups excluding carboxylic acids is 1. The van der Waals surface area contributed by atoms with Gasteiger partial charge in [0.05, 0.1) is 5.38 Å². The van der Waals surface area contributed by atoms with Crippen LogP contribution in [-0.4, -0.2) is 27.0 Å². The fourth-order valence-electron chi connectivity index (χ4n) is 0.568. The number of aliphatic hydroxyl groups excluding tert-OH is 1. The Bertz CT molecular complexity index is 185. The third-order valence-electron chi connectivity index (χ3n) is 1.51. The number of carbonyl (C=O) groups is 1. The summed E-state index contributed by atoms with van der Waals surface area (Å²) in [7, 11) is 0. The number of amides is 1. The number of nitrogens with one attached hydrogen (secondary N) is 1. The van der Waals surface area contributed by atoms with Crippen LogP contribution in [0.2, 0.25) is 0 Å². The lowest BCUT2D eigenvalue weighted by Crippen LogP contribution is -2.49. The highest BCUT2D eigenvalue weighted by atomic mass is 35.5. The molecule has 0 aliphatic heterocycles. The van der Waals surface area contributed by atoms with Gasteiger partial charge in [0.1, 0.15) is 0 Å². The van der Waals surface area contributed by atoms with Gasteiger partial charge in [-0.1, -0.05) is 30.1 Å². The van der Waals surface area contributed by atoms with Gasteiger partial charge < -0.3 is 10.4 Å². The summed E-state index contributed by atoms with van der Waals surface area (Å²) < 4.78 is -1.58. The van der Waals surface area contributed by atoms with Crippen LogP contribution in [-0.2, 0) is 4.79 Å². The van der Waals surface area contributed by atoms with Crippen LogP contribution in [0.3, 0.4) is 0 Å². The fraction of sp³-hybridized carbons (Fsp3) is 0.857. The lowest BCUT2D eigenvalue weighted by molar-refractivity contribution is -0.123. The molecule has 0 radical (unpaired) electrons. The number of rotatable bonds is 4. The maximum absolute atomic E-state index is 10.9. The molecule has 0 bridgehead atoms. The summed E-state index contributed by atoms with van der Waals surface area (Å²) in [4.78, 5) is 10.9. The van der Waals surface area contributed by atoms with Crippen molar-refractivity contribution < 1.29 is 9.90 Å². The summed E-state index contributed by atoms with van der Waals surface area (Å²) >= 11 is 17.0. The van der Waals surface area contributed by atoms with Crippen molar-refractivity contribution >= 4 is 40.7 Å². The Morgan fingerprint density at radius 2 is 2.08 bits per heavy atom. The van der Waals surface area contributed by atoms with E-state index in [4.69, 9.17) is 34.8 Å². The second-order valence-electron chi connectivity index (χ2n) is 2.61. The van der Waals surface area contributed by atoms with E-state index in [1.165, 1.54) is 6.92 Å². The van der Waals surface area contributed by atoms with E-state index < -0.39 is 15.9 Å². The molecule has 0 aromatic rings. The molecule has 2 unspecified atom stereocenters. The van der Waals surface area contributed by atoms with E-state index in [1.807, 2.05) is 0 Å². The van der Waals surface area contributed by atoms with Crippen LogP contribution in [0.4, 0.5) is 0 Å². The van der Waals surface area contributed by atoms with Gasteiger partial charge in [0.2, 0.25) is 5.91 Å². The smallest absolute Gasteiger partial charge is 0.221 e. The number of alkyl halides is 3. The molecular formula is C7H12Cl3NO2. The predicted octanol–water partition coefficient (Wildman–Crippen LogP) is 1.63. The Kier molecular flexibility index (Phi) is 5.37. The molecule has 0 saturated carbocycles. The van der Waals surface area contributed by atoms with E-state index in [0.717, 1.165) is 0 Å². The van der Waals surface area contributed by atoms with Crippen molar-refractivity contribution in [2.75, 3.05) is 0 Å². The van der Waals surface area contributed by atoms with Crippen LogP contribution in [0.25, 0.3) is 0 Å². The minimum absolute atomic E-state index is 0.248. The van der Waals surface area contributed by atoms with Crippen molar-refractivity contribution in [3.8, 4) is 0 Å². The normalized spacial score (nSPS) is 16.5. The summed E-state index contributed by atoms with van der Waals surface area (Å²) in [6, 6.07) is 0. The zero-order valence-corrected chi connectivity index (χ0v) is 9.62. The van der Waals surface area contributed by atoms with Crippen LogP contribution in [0.15, 0.2) is 0 Å². The summed E-state index contributed by atoms with van der Waals surface area (Å²) in [6.45, 7) is 3.18. The van der Waals surface area contributed by atoms with Gasteiger partial charge in [-0.25, -0.2) is 0 Å². The van der Waals surface area contributed by atoms with Gasteiger partial charge in [-0.2, -0.15) is 0 Å². The largest absolute Gasteiger partial charge is 0.370 e. The van der Waals surface area contributed by atoms with Gasteiger partial charge >= 0.3 is 0 Å². The van der Waals surface area contributed by atoms with Crippen LogP contribution < -0.4 is 5.32 Å². The Morgan fingerprint density at radius 1 is 1.62 bits per heavy atom. The lowest BCUT2D eigenvalue weighted by atomic mass is 10.2. The molecule has 0 aliphatic rings. The first-order valence-electron chi connectivity index (χ1n) is 3.81. The van der Waals surface area contributed by atoms with E-state index in [9.17, 15) is 9.90 Å². The van der Waals surface area contributed by atoms with Crippen molar-refractivity contribution in [2.45, 2.75) is 36.2 Å². The SMILES string of the molecule is CCC(=O)NC(O)C(Cl)(Cl)C(C)Cl. The van der Waals surface area contributed by atoms with Crippen molar-refractivity contribution in [3.05, 3.63) is 0 Å². The van der Waals surface area contributed by atoms with E-state index in [2.05, 4.69) is 5.32 Å². The topological polar surface area (TPSA) is 49.3 Å². The first-order chi connectivity index (χ1) is 5.82. The first kappa shape index (κ1) is 13.3. The highest BCUT2D eigenvalue weighted by Gasteiger charge is 2.39. The Labute approximate surface area is 92.3 Å². The van der Waals surface area contributed by atoms with Crippen molar-refractivity contribution in [2.24, 2.45) is 0 Å². The van der Waals surface area contributed by atoms with Crippen LogP contribution in [0.5, 0.6) is 0 Å². The van der Waals surface area contributed by atoms with E-state index in [-0.39, 0.29) is 12.3 Å². The number of hydrogen-bond donors (Lipinski definition) is 2. The average Bonchev–Trinajstić information content (AvgIpc) is 2.03. The quantitative estimate of drug-likeness (QED) is 0.587. The van der Waals surface area contributed by atoms with Gasteiger partial charge in [-0.15, -0.1) is 11.6 Å². The van der Waals surface area contributed by atoms with Crippen LogP contribution >= 0.6 is 34.8 Å². The third kappa shape index (κ3) is 3.90. The predicted molar refractivity (Wildman–Crippen MR) is 54.2 cm³/mol. The van der Waals surface area contributed by atoms with Crippen LogP contribution in [0, 0.1) is 0 Å². The second-order valence-corrected chi connectivity index (χ2v) is 4.71. The maximum atomic E-state index is 10.9.